The van der Waals surface area contributed by atoms with Gasteiger partial charge in [-0.1, -0.05) is 28.9 Å². The van der Waals surface area contributed by atoms with Gasteiger partial charge < -0.3 is 19.3 Å². The Morgan fingerprint density at radius 1 is 1.10 bits per heavy atom. The van der Waals surface area contributed by atoms with Crippen molar-refractivity contribution in [1.29, 1.82) is 0 Å². The van der Waals surface area contributed by atoms with Crippen LogP contribution in [0.2, 0.25) is 0 Å². The average Bonchev–Trinajstić information content (AvgIpc) is 3.06. The second-order valence-corrected chi connectivity index (χ2v) is 7.47. The Morgan fingerprint density at radius 3 is 2.55 bits per heavy atom. The van der Waals surface area contributed by atoms with Crippen LogP contribution in [0.1, 0.15) is 45.4 Å². The summed E-state index contributed by atoms with van der Waals surface area (Å²) in [5.41, 5.74) is 4.65. The second-order valence-electron chi connectivity index (χ2n) is 7.47. The van der Waals surface area contributed by atoms with Gasteiger partial charge in [0, 0.05) is 5.69 Å². The van der Waals surface area contributed by atoms with E-state index in [0.29, 0.717) is 22.8 Å². The maximum atomic E-state index is 12.5. The molecular formula is C24H26N2O5. The maximum Gasteiger partial charge on any atom is 0.339 e. The highest BCUT2D eigenvalue weighted by Gasteiger charge is 2.20. The van der Waals surface area contributed by atoms with Gasteiger partial charge in [-0.05, 0) is 64.4 Å². The Labute approximate surface area is 181 Å². The molecule has 31 heavy (non-hydrogen) atoms. The number of hydrogen-bond donors (Lipinski definition) is 1. The molecule has 3 aromatic rings. The Bertz CT molecular complexity index is 1080. The summed E-state index contributed by atoms with van der Waals surface area (Å²) in [6.45, 7) is 9.36. The van der Waals surface area contributed by atoms with Gasteiger partial charge in [-0.15, -0.1) is 0 Å². The first-order valence-electron chi connectivity index (χ1n) is 9.98. The van der Waals surface area contributed by atoms with Gasteiger partial charge in [0.15, 0.2) is 6.10 Å². The molecule has 1 atom stereocenters. The molecule has 0 saturated carbocycles. The first kappa shape index (κ1) is 22.1. The molecule has 1 heterocycles. The summed E-state index contributed by atoms with van der Waals surface area (Å²) < 4.78 is 16.2. The van der Waals surface area contributed by atoms with Crippen molar-refractivity contribution in [3.63, 3.8) is 0 Å². The molecule has 3 rings (SSSR count). The van der Waals surface area contributed by atoms with Gasteiger partial charge in [0.1, 0.15) is 18.1 Å². The van der Waals surface area contributed by atoms with E-state index in [-0.39, 0.29) is 6.61 Å². The van der Waals surface area contributed by atoms with E-state index in [1.54, 1.807) is 24.3 Å². The van der Waals surface area contributed by atoms with E-state index in [0.717, 1.165) is 22.4 Å². The SMILES string of the molecule is Cc1ccc(NC(=O)[C@H](C)OC(=O)c2cccc(OCc3c(C)noc3C)c2)c(C)c1. The molecule has 0 saturated heterocycles. The van der Waals surface area contributed by atoms with Gasteiger partial charge in [0.05, 0.1) is 16.8 Å². The standard InChI is InChI=1S/C24H26N2O5/c1-14-9-10-22(15(2)11-14)25-23(27)18(5)30-24(28)19-7-6-8-20(12-19)29-13-21-16(3)26-31-17(21)4/h6-12,18H,13H2,1-5H3,(H,25,27)/t18-/m0/s1. The van der Waals surface area contributed by atoms with Crippen molar-refractivity contribution in [3.8, 4) is 5.75 Å². The van der Waals surface area contributed by atoms with Crippen LogP contribution in [0.4, 0.5) is 5.69 Å². The van der Waals surface area contributed by atoms with Crippen molar-refractivity contribution in [2.24, 2.45) is 0 Å². The van der Waals surface area contributed by atoms with Crippen molar-refractivity contribution in [1.82, 2.24) is 5.16 Å². The van der Waals surface area contributed by atoms with Crippen molar-refractivity contribution < 1.29 is 23.6 Å². The Hall–Kier alpha value is -3.61. The minimum atomic E-state index is -0.958. The molecular weight excluding hydrogens is 396 g/mol. The van der Waals surface area contributed by atoms with Crippen LogP contribution in [0.15, 0.2) is 47.0 Å². The highest BCUT2D eigenvalue weighted by atomic mass is 16.5. The number of aromatic nitrogens is 1. The highest BCUT2D eigenvalue weighted by molar-refractivity contribution is 5.97. The van der Waals surface area contributed by atoms with Crippen molar-refractivity contribution in [2.75, 3.05) is 5.32 Å². The molecule has 0 aliphatic rings. The number of amides is 1. The van der Waals surface area contributed by atoms with Crippen LogP contribution >= 0.6 is 0 Å². The molecule has 7 nitrogen and oxygen atoms in total. The van der Waals surface area contributed by atoms with Crippen LogP contribution < -0.4 is 10.1 Å². The van der Waals surface area contributed by atoms with Crippen LogP contribution in [0.3, 0.4) is 0 Å². The maximum absolute atomic E-state index is 12.5. The molecule has 162 valence electrons. The summed E-state index contributed by atoms with van der Waals surface area (Å²) in [6, 6.07) is 12.3. The number of ether oxygens (including phenoxy) is 2. The first-order chi connectivity index (χ1) is 14.7. The number of anilines is 1. The molecule has 1 N–H and O–H groups in total. The van der Waals surface area contributed by atoms with E-state index in [1.165, 1.54) is 6.92 Å². The molecule has 0 fully saturated rings. The first-order valence-corrected chi connectivity index (χ1v) is 9.98. The molecule has 1 aromatic heterocycles. The molecule has 0 spiro atoms. The Morgan fingerprint density at radius 2 is 1.87 bits per heavy atom. The summed E-state index contributed by atoms with van der Waals surface area (Å²) in [7, 11) is 0. The van der Waals surface area contributed by atoms with E-state index in [2.05, 4.69) is 10.5 Å². The number of aryl methyl sites for hydroxylation is 4. The zero-order chi connectivity index (χ0) is 22.5. The highest BCUT2D eigenvalue weighted by Crippen LogP contribution is 2.20. The van der Waals surface area contributed by atoms with E-state index in [4.69, 9.17) is 14.0 Å². The van der Waals surface area contributed by atoms with Crippen LogP contribution in [-0.4, -0.2) is 23.1 Å². The summed E-state index contributed by atoms with van der Waals surface area (Å²) in [4.78, 5) is 25.0. The van der Waals surface area contributed by atoms with Gasteiger partial charge in [0.25, 0.3) is 5.91 Å². The smallest absolute Gasteiger partial charge is 0.339 e. The minimum Gasteiger partial charge on any atom is -0.489 e. The van der Waals surface area contributed by atoms with Gasteiger partial charge >= 0.3 is 5.97 Å². The molecule has 0 bridgehead atoms. The average molecular weight is 422 g/mol. The van der Waals surface area contributed by atoms with E-state index in [9.17, 15) is 9.59 Å². The largest absolute Gasteiger partial charge is 0.489 e. The van der Waals surface area contributed by atoms with E-state index < -0.39 is 18.0 Å². The summed E-state index contributed by atoms with van der Waals surface area (Å²) >= 11 is 0. The number of nitrogens with zero attached hydrogens (tertiary/aromatic N) is 1. The zero-order valence-electron chi connectivity index (χ0n) is 18.3. The number of hydrogen-bond acceptors (Lipinski definition) is 6. The number of esters is 1. The lowest BCUT2D eigenvalue weighted by Crippen LogP contribution is -2.30. The summed E-state index contributed by atoms with van der Waals surface area (Å²) in [5.74, 6) is 0.190. The molecule has 0 aliphatic heterocycles. The van der Waals surface area contributed by atoms with Crippen LogP contribution in [0.25, 0.3) is 0 Å². The fourth-order valence-corrected chi connectivity index (χ4v) is 3.05. The van der Waals surface area contributed by atoms with Crippen LogP contribution in [-0.2, 0) is 16.1 Å². The van der Waals surface area contributed by atoms with Gasteiger partial charge in [-0.2, -0.15) is 0 Å². The van der Waals surface area contributed by atoms with E-state index >= 15 is 0 Å². The number of nitrogens with one attached hydrogen (secondary N) is 1. The molecule has 0 radical (unpaired) electrons. The lowest BCUT2D eigenvalue weighted by molar-refractivity contribution is -0.123. The predicted octanol–water partition coefficient (Wildman–Crippen LogP) is 4.67. The van der Waals surface area contributed by atoms with Gasteiger partial charge in [-0.3, -0.25) is 4.79 Å². The number of carbonyl (C=O) groups is 2. The minimum absolute atomic E-state index is 0.272. The van der Waals surface area contributed by atoms with Crippen molar-refractivity contribution in [3.05, 3.63) is 76.2 Å². The summed E-state index contributed by atoms with van der Waals surface area (Å²) in [6.07, 6.45) is -0.958. The van der Waals surface area contributed by atoms with Crippen molar-refractivity contribution >= 4 is 17.6 Å². The molecule has 7 heteroatoms. The Kier molecular flexibility index (Phi) is 6.74. The third-order valence-electron chi connectivity index (χ3n) is 4.93. The van der Waals surface area contributed by atoms with Crippen LogP contribution in [0.5, 0.6) is 5.75 Å². The summed E-state index contributed by atoms with van der Waals surface area (Å²) in [5, 5.41) is 6.69. The molecule has 1 amide bonds. The quantitative estimate of drug-likeness (QED) is 0.557. The number of carbonyl (C=O) groups excluding carboxylic acids is 2. The van der Waals surface area contributed by atoms with Crippen LogP contribution in [0, 0.1) is 27.7 Å². The number of benzene rings is 2. The Balaban J connectivity index is 1.60. The number of rotatable bonds is 7. The van der Waals surface area contributed by atoms with Crippen molar-refractivity contribution in [2.45, 2.75) is 47.3 Å². The molecule has 0 unspecified atom stereocenters. The lowest BCUT2D eigenvalue weighted by atomic mass is 10.1. The topological polar surface area (TPSA) is 90.7 Å². The predicted molar refractivity (Wildman–Crippen MR) is 116 cm³/mol. The van der Waals surface area contributed by atoms with E-state index in [1.807, 2.05) is 45.9 Å². The molecule has 0 aliphatic carbocycles. The fraction of sp³-hybridized carbons (Fsp3) is 0.292. The van der Waals surface area contributed by atoms with Gasteiger partial charge in [0.2, 0.25) is 0 Å². The van der Waals surface area contributed by atoms with Gasteiger partial charge in [-0.25, -0.2) is 4.79 Å². The molecule has 2 aromatic carbocycles. The monoisotopic (exact) mass is 422 g/mol. The normalized spacial score (nSPS) is 11.6. The third-order valence-corrected chi connectivity index (χ3v) is 4.93. The fourth-order valence-electron chi connectivity index (χ4n) is 3.05. The zero-order valence-corrected chi connectivity index (χ0v) is 18.3. The lowest BCUT2D eigenvalue weighted by Gasteiger charge is -2.15. The third kappa shape index (κ3) is 5.51. The second kappa shape index (κ2) is 9.47.